The van der Waals surface area contributed by atoms with Crippen LogP contribution in [0.4, 0.5) is 10.2 Å². The van der Waals surface area contributed by atoms with Crippen LogP contribution in [0.3, 0.4) is 0 Å². The number of nitriles is 1. The standard InChI is InChI=1S/C24H23ClFN3OS/c1-14-15(13-30-21-9-8-16(26)11-19(21)25)10-22(31-14)23-17-6-4-2-3-5-7-20(17)29-24(28)18(23)12-27/h8-11H,2-7,13H2,1H3,(H2,28,29)/p+1. The summed E-state index contributed by atoms with van der Waals surface area (Å²) in [5.74, 6) is 0.473. The zero-order valence-corrected chi connectivity index (χ0v) is 18.9. The van der Waals surface area contributed by atoms with Crippen LogP contribution >= 0.6 is 22.9 Å². The Hall–Kier alpha value is -2.62. The number of halogens is 2. The van der Waals surface area contributed by atoms with Crippen LogP contribution < -0.4 is 15.5 Å². The second-order valence-electron chi connectivity index (χ2n) is 7.83. The summed E-state index contributed by atoms with van der Waals surface area (Å²) in [6.07, 6.45) is 6.52. The molecular weight excluding hydrogens is 433 g/mol. The molecule has 3 N–H and O–H groups in total. The van der Waals surface area contributed by atoms with Crippen molar-refractivity contribution in [3.05, 3.63) is 62.4 Å². The number of nitrogens with zero attached hydrogens (tertiary/aromatic N) is 1. The van der Waals surface area contributed by atoms with Crippen molar-refractivity contribution in [3.63, 3.8) is 0 Å². The third kappa shape index (κ3) is 4.53. The molecule has 2 aromatic heterocycles. The van der Waals surface area contributed by atoms with Gasteiger partial charge < -0.3 is 4.74 Å². The van der Waals surface area contributed by atoms with Crippen LogP contribution in [-0.4, -0.2) is 0 Å². The largest absolute Gasteiger partial charge is 0.487 e. The number of ether oxygens (including phenoxy) is 1. The summed E-state index contributed by atoms with van der Waals surface area (Å²) < 4.78 is 19.1. The monoisotopic (exact) mass is 456 g/mol. The first kappa shape index (κ1) is 21.6. The van der Waals surface area contributed by atoms with Gasteiger partial charge in [0.1, 0.15) is 35.5 Å². The Morgan fingerprint density at radius 1 is 1.23 bits per heavy atom. The van der Waals surface area contributed by atoms with Crippen LogP contribution in [0.25, 0.3) is 10.4 Å². The summed E-state index contributed by atoms with van der Waals surface area (Å²) in [6.45, 7) is 2.35. The average molecular weight is 457 g/mol. The van der Waals surface area contributed by atoms with Crippen LogP contribution in [-0.2, 0) is 19.4 Å². The minimum atomic E-state index is -0.398. The number of nitrogen functional groups attached to an aromatic ring is 1. The van der Waals surface area contributed by atoms with Gasteiger partial charge in [-0.15, -0.1) is 11.3 Å². The molecular formula is C24H24ClFN3OS+. The molecule has 0 unspecified atom stereocenters. The van der Waals surface area contributed by atoms with E-state index in [1.807, 2.05) is 6.92 Å². The number of hydrogen-bond acceptors (Lipinski definition) is 4. The molecule has 0 amide bonds. The van der Waals surface area contributed by atoms with E-state index in [0.29, 0.717) is 23.7 Å². The second kappa shape index (κ2) is 9.25. The van der Waals surface area contributed by atoms with E-state index in [2.05, 4.69) is 17.1 Å². The van der Waals surface area contributed by atoms with Crippen molar-refractivity contribution in [2.24, 2.45) is 0 Å². The molecule has 0 saturated heterocycles. The van der Waals surface area contributed by atoms with Crippen molar-refractivity contribution in [1.82, 2.24) is 0 Å². The Bertz CT molecular complexity index is 1170. The van der Waals surface area contributed by atoms with Crippen molar-refractivity contribution in [2.75, 3.05) is 5.73 Å². The molecule has 0 saturated carbocycles. The summed E-state index contributed by atoms with van der Waals surface area (Å²) in [4.78, 5) is 5.42. The number of nitrogens with two attached hydrogens (primary N) is 1. The predicted octanol–water partition coefficient (Wildman–Crippen LogP) is 6.02. The van der Waals surface area contributed by atoms with Gasteiger partial charge in [-0.25, -0.2) is 9.37 Å². The summed E-state index contributed by atoms with van der Waals surface area (Å²) in [5.41, 5.74) is 11.1. The Balaban J connectivity index is 1.71. The summed E-state index contributed by atoms with van der Waals surface area (Å²) in [5, 5.41) is 10.1. The topological polar surface area (TPSA) is 73.2 Å². The fraction of sp³-hybridized carbons (Fsp3) is 0.333. The highest BCUT2D eigenvalue weighted by molar-refractivity contribution is 7.15. The van der Waals surface area contributed by atoms with E-state index in [-0.39, 0.29) is 5.02 Å². The molecule has 1 aliphatic rings. The van der Waals surface area contributed by atoms with Crippen molar-refractivity contribution in [2.45, 2.75) is 52.1 Å². The first-order valence-electron chi connectivity index (χ1n) is 10.4. The van der Waals surface area contributed by atoms with Crippen LogP contribution in [0, 0.1) is 24.1 Å². The third-order valence-electron chi connectivity index (χ3n) is 5.73. The Morgan fingerprint density at radius 2 is 2.00 bits per heavy atom. The van der Waals surface area contributed by atoms with Gasteiger partial charge in [-0.3, -0.25) is 5.73 Å². The van der Waals surface area contributed by atoms with E-state index in [9.17, 15) is 9.65 Å². The zero-order valence-electron chi connectivity index (χ0n) is 17.4. The lowest BCUT2D eigenvalue weighted by Gasteiger charge is -2.16. The van der Waals surface area contributed by atoms with Crippen molar-refractivity contribution in [1.29, 1.82) is 5.26 Å². The van der Waals surface area contributed by atoms with Gasteiger partial charge in [0.05, 0.1) is 5.02 Å². The van der Waals surface area contributed by atoms with Gasteiger partial charge in [0.25, 0.3) is 5.82 Å². The molecule has 0 radical (unpaired) electrons. The Labute approximate surface area is 190 Å². The summed E-state index contributed by atoms with van der Waals surface area (Å²) in [6, 6.07) is 8.49. The number of aromatic amines is 1. The molecule has 0 spiro atoms. The maximum absolute atomic E-state index is 13.3. The lowest BCUT2D eigenvalue weighted by Crippen LogP contribution is -2.23. The lowest BCUT2D eigenvalue weighted by atomic mass is 9.90. The van der Waals surface area contributed by atoms with Crippen LogP contribution in [0.2, 0.25) is 5.02 Å². The molecule has 160 valence electrons. The number of aromatic nitrogens is 1. The Kier molecular flexibility index (Phi) is 6.45. The predicted molar refractivity (Wildman–Crippen MR) is 122 cm³/mol. The van der Waals surface area contributed by atoms with Crippen molar-refractivity contribution in [3.8, 4) is 22.3 Å². The minimum Gasteiger partial charge on any atom is -0.487 e. The molecule has 0 bridgehead atoms. The molecule has 0 fully saturated rings. The van der Waals surface area contributed by atoms with Crippen LogP contribution in [0.1, 0.15) is 52.9 Å². The number of H-pyrrole nitrogens is 1. The van der Waals surface area contributed by atoms with Crippen molar-refractivity contribution < 1.29 is 14.1 Å². The average Bonchev–Trinajstić information content (AvgIpc) is 3.08. The van der Waals surface area contributed by atoms with Gasteiger partial charge in [0, 0.05) is 32.9 Å². The van der Waals surface area contributed by atoms with E-state index in [1.54, 1.807) is 11.3 Å². The minimum absolute atomic E-state index is 0.243. The van der Waals surface area contributed by atoms with E-state index >= 15 is 0 Å². The van der Waals surface area contributed by atoms with Crippen molar-refractivity contribution >= 4 is 28.8 Å². The van der Waals surface area contributed by atoms with E-state index in [4.69, 9.17) is 22.1 Å². The molecule has 31 heavy (non-hydrogen) atoms. The van der Waals surface area contributed by atoms with Gasteiger partial charge in [0.2, 0.25) is 0 Å². The van der Waals surface area contributed by atoms with Gasteiger partial charge in [-0.05, 0) is 50.5 Å². The molecule has 2 heterocycles. The number of hydrogen-bond donors (Lipinski definition) is 1. The van der Waals surface area contributed by atoms with Crippen LogP contribution in [0.15, 0.2) is 24.3 Å². The second-order valence-corrected chi connectivity index (χ2v) is 9.49. The fourth-order valence-electron chi connectivity index (χ4n) is 4.11. The van der Waals surface area contributed by atoms with E-state index < -0.39 is 5.82 Å². The number of nitrogens with one attached hydrogen (secondary N) is 1. The van der Waals surface area contributed by atoms with Gasteiger partial charge in [-0.1, -0.05) is 24.4 Å². The maximum atomic E-state index is 13.3. The number of thiophene rings is 1. The van der Waals surface area contributed by atoms with Crippen LogP contribution in [0.5, 0.6) is 5.75 Å². The van der Waals surface area contributed by atoms with Gasteiger partial charge in [-0.2, -0.15) is 5.26 Å². The molecule has 4 rings (SSSR count). The summed E-state index contributed by atoms with van der Waals surface area (Å²) >= 11 is 7.72. The Morgan fingerprint density at radius 3 is 2.74 bits per heavy atom. The molecule has 0 aliphatic heterocycles. The number of rotatable bonds is 4. The number of pyridine rings is 1. The number of aryl methyl sites for hydroxylation is 2. The van der Waals surface area contributed by atoms with E-state index in [1.165, 1.54) is 36.6 Å². The number of fused-ring (bicyclic) bond motifs is 1. The highest BCUT2D eigenvalue weighted by Gasteiger charge is 2.25. The lowest BCUT2D eigenvalue weighted by molar-refractivity contribution is -0.374. The first-order valence-corrected chi connectivity index (χ1v) is 11.6. The normalized spacial score (nSPS) is 13.7. The quantitative estimate of drug-likeness (QED) is 0.521. The highest BCUT2D eigenvalue weighted by atomic mass is 35.5. The molecule has 4 nitrogen and oxygen atoms in total. The van der Waals surface area contributed by atoms with Gasteiger partial charge >= 0.3 is 0 Å². The summed E-state index contributed by atoms with van der Waals surface area (Å²) in [7, 11) is 0. The maximum Gasteiger partial charge on any atom is 0.289 e. The molecule has 1 aliphatic carbocycles. The fourth-order valence-corrected chi connectivity index (χ4v) is 5.43. The molecule has 3 aromatic rings. The third-order valence-corrected chi connectivity index (χ3v) is 7.14. The molecule has 1 aromatic carbocycles. The number of benzene rings is 1. The highest BCUT2D eigenvalue weighted by Crippen LogP contribution is 2.39. The first-order chi connectivity index (χ1) is 15.0. The van der Waals surface area contributed by atoms with E-state index in [0.717, 1.165) is 52.3 Å². The smallest absolute Gasteiger partial charge is 0.289 e. The SMILES string of the molecule is Cc1sc(-c2c(C#N)c(N)[nH+]c3c2CCCCCC3)cc1COc1ccc(F)cc1Cl. The molecule has 7 heteroatoms. The molecule has 0 atom stereocenters. The van der Waals surface area contributed by atoms with Gasteiger partial charge in [0.15, 0.2) is 0 Å². The zero-order chi connectivity index (χ0) is 22.0. The number of anilines is 1.